The monoisotopic (exact) mass is 345 g/mol. The number of thioether (sulfide) groups is 1. The van der Waals surface area contributed by atoms with Gasteiger partial charge in [-0.05, 0) is 41.6 Å². The molecule has 0 aliphatic carbocycles. The smallest absolute Gasteiger partial charge is 0.290 e. The summed E-state index contributed by atoms with van der Waals surface area (Å²) in [6.07, 6.45) is 1.66. The molecule has 2 aromatic carbocycles. The van der Waals surface area contributed by atoms with Crippen molar-refractivity contribution in [2.24, 2.45) is 0 Å². The lowest BCUT2D eigenvalue weighted by Gasteiger charge is -2.08. The van der Waals surface area contributed by atoms with Gasteiger partial charge in [0, 0.05) is 10.6 Å². The summed E-state index contributed by atoms with van der Waals surface area (Å²) < 4.78 is 5.74. The van der Waals surface area contributed by atoms with E-state index in [1.165, 1.54) is 0 Å². The van der Waals surface area contributed by atoms with Gasteiger partial charge in [0.15, 0.2) is 0 Å². The lowest BCUT2D eigenvalue weighted by Crippen LogP contribution is -2.17. The second-order valence-corrected chi connectivity index (χ2v) is 6.23. The van der Waals surface area contributed by atoms with Crippen LogP contribution in [-0.4, -0.2) is 11.1 Å². The molecule has 0 aromatic heterocycles. The highest BCUT2D eigenvalue weighted by Gasteiger charge is 2.24. The summed E-state index contributed by atoms with van der Waals surface area (Å²) in [5.74, 6) is 0.288. The Morgan fingerprint density at radius 3 is 2.70 bits per heavy atom. The molecule has 1 N–H and O–H groups in total. The Kier molecular flexibility index (Phi) is 4.69. The molecule has 0 radical (unpaired) electrons. The number of hydrogen-bond donors (Lipinski definition) is 1. The number of hydrogen-bond acceptors (Lipinski definition) is 4. The highest BCUT2D eigenvalue weighted by molar-refractivity contribution is 8.18. The normalized spacial score (nSPS) is 15.8. The van der Waals surface area contributed by atoms with Gasteiger partial charge in [-0.25, -0.2) is 0 Å². The molecule has 23 heavy (non-hydrogen) atoms. The highest BCUT2D eigenvalue weighted by Crippen LogP contribution is 2.27. The summed E-state index contributed by atoms with van der Waals surface area (Å²) in [5.41, 5.74) is 1.68. The molecule has 0 atom stereocenters. The summed E-state index contributed by atoms with van der Waals surface area (Å²) >= 11 is 6.99. The van der Waals surface area contributed by atoms with E-state index >= 15 is 0 Å². The standard InChI is InChI=1S/C17H12ClNO3S/c18-14-7-2-1-5-12(14)10-22-13-6-3-4-11(8-13)9-15-16(20)19-17(21)23-15/h1-9H,10H2,(H,19,20,21). The number of imide groups is 1. The van der Waals surface area contributed by atoms with Crippen LogP contribution in [-0.2, 0) is 11.4 Å². The molecule has 3 rings (SSSR count). The van der Waals surface area contributed by atoms with E-state index in [9.17, 15) is 9.59 Å². The summed E-state index contributed by atoms with van der Waals surface area (Å²) in [4.78, 5) is 23.1. The maximum Gasteiger partial charge on any atom is 0.290 e. The van der Waals surface area contributed by atoms with Crippen molar-refractivity contribution in [3.63, 3.8) is 0 Å². The van der Waals surface area contributed by atoms with Crippen LogP contribution in [0.15, 0.2) is 53.4 Å². The van der Waals surface area contributed by atoms with Crippen molar-refractivity contribution in [3.8, 4) is 5.75 Å². The first-order valence-corrected chi connectivity index (χ1v) is 8.02. The summed E-state index contributed by atoms with van der Waals surface area (Å²) in [6, 6.07) is 14.8. The number of benzene rings is 2. The van der Waals surface area contributed by atoms with Gasteiger partial charge in [-0.3, -0.25) is 14.9 Å². The van der Waals surface area contributed by atoms with Gasteiger partial charge in [0.2, 0.25) is 0 Å². The van der Waals surface area contributed by atoms with E-state index in [0.29, 0.717) is 22.3 Å². The first kappa shape index (κ1) is 15.6. The number of nitrogens with one attached hydrogen (secondary N) is 1. The number of ether oxygens (including phenoxy) is 1. The zero-order valence-corrected chi connectivity index (χ0v) is 13.5. The molecule has 4 nitrogen and oxygen atoms in total. The SMILES string of the molecule is O=C1NC(=O)C(=Cc2cccc(OCc3ccccc3Cl)c2)S1. The lowest BCUT2D eigenvalue weighted by atomic mass is 10.2. The molecule has 0 unspecified atom stereocenters. The van der Waals surface area contributed by atoms with E-state index in [1.54, 1.807) is 12.1 Å². The Balaban J connectivity index is 1.73. The molecule has 0 spiro atoms. The van der Waals surface area contributed by atoms with Crippen LogP contribution < -0.4 is 10.1 Å². The summed E-state index contributed by atoms with van der Waals surface area (Å²) in [7, 11) is 0. The number of rotatable bonds is 4. The van der Waals surface area contributed by atoms with Crippen molar-refractivity contribution in [2.75, 3.05) is 0 Å². The Morgan fingerprint density at radius 2 is 1.96 bits per heavy atom. The average molecular weight is 346 g/mol. The van der Waals surface area contributed by atoms with Crippen LogP contribution in [0.2, 0.25) is 5.02 Å². The van der Waals surface area contributed by atoms with Crippen molar-refractivity contribution in [2.45, 2.75) is 6.61 Å². The van der Waals surface area contributed by atoms with Crippen molar-refractivity contribution >= 4 is 40.6 Å². The Bertz CT molecular complexity index is 804. The molecule has 6 heteroatoms. The zero-order valence-electron chi connectivity index (χ0n) is 11.9. The second-order valence-electron chi connectivity index (χ2n) is 4.80. The molecular formula is C17H12ClNO3S. The first-order chi connectivity index (χ1) is 11.1. The number of halogens is 1. The molecule has 2 aromatic rings. The van der Waals surface area contributed by atoms with E-state index in [0.717, 1.165) is 22.9 Å². The topological polar surface area (TPSA) is 55.4 Å². The van der Waals surface area contributed by atoms with Crippen LogP contribution in [0, 0.1) is 0 Å². The van der Waals surface area contributed by atoms with Gasteiger partial charge in [0.1, 0.15) is 12.4 Å². The minimum atomic E-state index is -0.373. The van der Waals surface area contributed by atoms with Crippen LogP contribution >= 0.6 is 23.4 Å². The molecule has 0 saturated carbocycles. The van der Waals surface area contributed by atoms with E-state index in [-0.39, 0.29) is 11.1 Å². The Hall–Kier alpha value is -2.24. The third-order valence-corrected chi connectivity index (χ3v) is 4.33. The van der Waals surface area contributed by atoms with Crippen LogP contribution in [0.1, 0.15) is 11.1 Å². The summed E-state index contributed by atoms with van der Waals surface area (Å²) in [5, 5.41) is 2.53. The third-order valence-electron chi connectivity index (χ3n) is 3.15. The van der Waals surface area contributed by atoms with Gasteiger partial charge in [0.05, 0.1) is 4.91 Å². The predicted octanol–water partition coefficient (Wildman–Crippen LogP) is 4.24. The van der Waals surface area contributed by atoms with Crippen molar-refractivity contribution in [1.29, 1.82) is 0 Å². The second kappa shape index (κ2) is 6.89. The molecule has 1 fully saturated rings. The maximum absolute atomic E-state index is 11.6. The lowest BCUT2D eigenvalue weighted by molar-refractivity contribution is -0.115. The molecule has 1 aliphatic heterocycles. The third kappa shape index (κ3) is 3.94. The molecule has 1 aliphatic rings. The van der Waals surface area contributed by atoms with E-state index in [2.05, 4.69) is 5.32 Å². The van der Waals surface area contributed by atoms with Gasteiger partial charge in [-0.1, -0.05) is 41.9 Å². The molecule has 1 heterocycles. The summed E-state index contributed by atoms with van der Waals surface area (Å²) in [6.45, 7) is 0.355. The predicted molar refractivity (Wildman–Crippen MR) is 91.3 cm³/mol. The Labute approximate surface area is 142 Å². The fraction of sp³-hybridized carbons (Fsp3) is 0.0588. The number of carbonyl (C=O) groups is 2. The fourth-order valence-corrected chi connectivity index (χ4v) is 2.92. The quantitative estimate of drug-likeness (QED) is 0.842. The minimum Gasteiger partial charge on any atom is -0.489 e. The highest BCUT2D eigenvalue weighted by atomic mass is 35.5. The van der Waals surface area contributed by atoms with Crippen molar-refractivity contribution in [1.82, 2.24) is 5.32 Å². The minimum absolute atomic E-state index is 0.354. The Morgan fingerprint density at radius 1 is 1.13 bits per heavy atom. The largest absolute Gasteiger partial charge is 0.489 e. The van der Waals surface area contributed by atoms with Gasteiger partial charge in [0.25, 0.3) is 11.1 Å². The van der Waals surface area contributed by atoms with Gasteiger partial charge in [-0.2, -0.15) is 0 Å². The van der Waals surface area contributed by atoms with Crippen molar-refractivity contribution < 1.29 is 14.3 Å². The van der Waals surface area contributed by atoms with Gasteiger partial charge < -0.3 is 4.74 Å². The molecule has 116 valence electrons. The number of carbonyl (C=O) groups excluding carboxylic acids is 2. The van der Waals surface area contributed by atoms with Gasteiger partial charge in [-0.15, -0.1) is 0 Å². The van der Waals surface area contributed by atoms with E-state index in [1.807, 2.05) is 42.5 Å². The van der Waals surface area contributed by atoms with Crippen LogP contribution in [0.5, 0.6) is 5.75 Å². The average Bonchev–Trinajstić information content (AvgIpc) is 2.84. The van der Waals surface area contributed by atoms with Crippen LogP contribution in [0.4, 0.5) is 4.79 Å². The van der Waals surface area contributed by atoms with E-state index < -0.39 is 0 Å². The van der Waals surface area contributed by atoms with Crippen molar-refractivity contribution in [3.05, 3.63) is 69.6 Å². The van der Waals surface area contributed by atoms with Crippen LogP contribution in [0.25, 0.3) is 6.08 Å². The van der Waals surface area contributed by atoms with E-state index in [4.69, 9.17) is 16.3 Å². The first-order valence-electron chi connectivity index (χ1n) is 6.83. The molecular weight excluding hydrogens is 334 g/mol. The maximum atomic E-state index is 11.6. The fourth-order valence-electron chi connectivity index (χ4n) is 2.04. The number of amides is 2. The molecule has 2 amide bonds. The molecule has 0 bridgehead atoms. The zero-order chi connectivity index (χ0) is 16.2. The molecule has 1 saturated heterocycles. The van der Waals surface area contributed by atoms with Gasteiger partial charge >= 0.3 is 0 Å². The van der Waals surface area contributed by atoms with Crippen LogP contribution in [0.3, 0.4) is 0 Å².